The van der Waals surface area contributed by atoms with Crippen molar-refractivity contribution in [3.05, 3.63) is 71.0 Å². The molecule has 3 rings (SSSR count). The Morgan fingerprint density at radius 1 is 1.14 bits per heavy atom. The summed E-state index contributed by atoms with van der Waals surface area (Å²) >= 11 is 0. The molecule has 152 valence electrons. The van der Waals surface area contributed by atoms with Gasteiger partial charge >= 0.3 is 0 Å². The Bertz CT molecular complexity index is 918. The van der Waals surface area contributed by atoms with Crippen LogP contribution in [0.15, 0.2) is 48.5 Å². The molecule has 1 fully saturated rings. The maximum Gasteiger partial charge on any atom is 0.279 e. The van der Waals surface area contributed by atoms with E-state index in [0.29, 0.717) is 25.2 Å². The lowest BCUT2D eigenvalue weighted by Crippen LogP contribution is -3.15. The fraction of sp³-hybridized carbons (Fsp3) is 0.304. The lowest BCUT2D eigenvalue weighted by atomic mass is 10.1. The van der Waals surface area contributed by atoms with E-state index in [1.807, 2.05) is 32.0 Å². The van der Waals surface area contributed by atoms with Crippen molar-refractivity contribution < 1.29 is 18.9 Å². The van der Waals surface area contributed by atoms with Gasteiger partial charge in [-0.2, -0.15) is 0 Å². The Morgan fingerprint density at radius 3 is 2.59 bits per heavy atom. The molecule has 5 nitrogen and oxygen atoms in total. The second kappa shape index (κ2) is 9.47. The third-order valence-corrected chi connectivity index (χ3v) is 5.34. The zero-order valence-electron chi connectivity index (χ0n) is 16.9. The first-order chi connectivity index (χ1) is 13.9. The number of quaternary nitrogens is 1. The van der Waals surface area contributed by atoms with Gasteiger partial charge in [-0.15, -0.1) is 0 Å². The molecule has 0 aromatic heterocycles. The summed E-state index contributed by atoms with van der Waals surface area (Å²) in [6.45, 7) is 7.04. The second-order valence-electron chi connectivity index (χ2n) is 7.44. The zero-order valence-corrected chi connectivity index (χ0v) is 16.9. The molecule has 0 aliphatic carbocycles. The van der Waals surface area contributed by atoms with Crippen LogP contribution < -0.4 is 10.2 Å². The number of nitrogens with zero attached hydrogens (tertiary/aromatic N) is 1. The molecule has 0 atom stereocenters. The molecule has 1 saturated heterocycles. The maximum absolute atomic E-state index is 13.2. The predicted molar refractivity (Wildman–Crippen MR) is 112 cm³/mol. The van der Waals surface area contributed by atoms with E-state index in [0.717, 1.165) is 34.8 Å². The van der Waals surface area contributed by atoms with Crippen molar-refractivity contribution in [1.82, 2.24) is 4.90 Å². The van der Waals surface area contributed by atoms with E-state index < -0.39 is 0 Å². The lowest BCUT2D eigenvalue weighted by Gasteiger charge is -2.31. The average molecular weight is 396 g/mol. The number of benzene rings is 2. The van der Waals surface area contributed by atoms with Gasteiger partial charge in [0, 0.05) is 11.8 Å². The topological polar surface area (TPSA) is 53.9 Å². The van der Waals surface area contributed by atoms with E-state index in [2.05, 4.69) is 5.32 Å². The molecule has 1 heterocycles. The Hall–Kier alpha value is -2.99. The number of aryl methyl sites for hydroxylation is 1. The van der Waals surface area contributed by atoms with E-state index in [9.17, 15) is 14.0 Å². The highest BCUT2D eigenvalue weighted by Crippen LogP contribution is 2.17. The number of rotatable bonds is 5. The van der Waals surface area contributed by atoms with Gasteiger partial charge in [-0.25, -0.2) is 4.39 Å². The highest BCUT2D eigenvalue weighted by Gasteiger charge is 2.24. The van der Waals surface area contributed by atoms with Crippen molar-refractivity contribution in [3.63, 3.8) is 0 Å². The molecule has 2 aromatic rings. The number of nitrogens with one attached hydrogen (secondary N) is 2. The van der Waals surface area contributed by atoms with Crippen molar-refractivity contribution in [3.8, 4) is 0 Å². The molecule has 29 heavy (non-hydrogen) atoms. The molecule has 0 radical (unpaired) electrons. The first kappa shape index (κ1) is 20.7. The van der Waals surface area contributed by atoms with Gasteiger partial charge in [0.15, 0.2) is 6.54 Å². The minimum Gasteiger partial charge on any atom is -0.328 e. The molecule has 1 aliphatic heterocycles. The van der Waals surface area contributed by atoms with Gasteiger partial charge in [-0.3, -0.25) is 9.59 Å². The third kappa shape index (κ3) is 5.74. The minimum atomic E-state index is -0.323. The number of hydrogen-bond acceptors (Lipinski definition) is 2. The molecule has 0 unspecified atom stereocenters. The molecule has 0 saturated carbocycles. The summed E-state index contributed by atoms with van der Waals surface area (Å²) in [6, 6.07) is 12.0. The van der Waals surface area contributed by atoms with Crippen molar-refractivity contribution in [2.75, 3.05) is 38.0 Å². The maximum atomic E-state index is 13.2. The van der Waals surface area contributed by atoms with Crippen molar-refractivity contribution in [2.24, 2.45) is 0 Å². The second-order valence-corrected chi connectivity index (χ2v) is 7.44. The summed E-state index contributed by atoms with van der Waals surface area (Å²) in [4.78, 5) is 27.7. The van der Waals surface area contributed by atoms with Crippen molar-refractivity contribution in [1.29, 1.82) is 0 Å². The monoisotopic (exact) mass is 396 g/mol. The Kier molecular flexibility index (Phi) is 6.77. The summed E-state index contributed by atoms with van der Waals surface area (Å²) < 4.78 is 13.2. The SMILES string of the molecule is Cc1cccc(NC(=O)C[NH+]2CCN(C(=O)/C=C/c3cccc(F)c3)CC2)c1C. The number of anilines is 1. The van der Waals surface area contributed by atoms with Gasteiger partial charge in [-0.05, 0) is 54.8 Å². The molecule has 0 bridgehead atoms. The van der Waals surface area contributed by atoms with Crippen molar-refractivity contribution in [2.45, 2.75) is 13.8 Å². The van der Waals surface area contributed by atoms with E-state index in [-0.39, 0.29) is 17.6 Å². The Morgan fingerprint density at radius 2 is 1.86 bits per heavy atom. The minimum absolute atomic E-state index is 0.0144. The van der Waals surface area contributed by atoms with E-state index in [4.69, 9.17) is 0 Å². The van der Waals surface area contributed by atoms with Gasteiger partial charge in [0.1, 0.15) is 5.82 Å². The average Bonchev–Trinajstić information content (AvgIpc) is 2.70. The van der Waals surface area contributed by atoms with Crippen LogP contribution in [-0.4, -0.2) is 49.4 Å². The molecule has 2 N–H and O–H groups in total. The van der Waals surface area contributed by atoms with Gasteiger partial charge in [-0.1, -0.05) is 24.3 Å². The standard InChI is InChI=1S/C23H26FN3O2/c1-17-5-3-8-21(18(17)2)25-22(28)16-26-11-13-27(14-12-26)23(29)10-9-19-6-4-7-20(24)15-19/h3-10,15H,11-14,16H2,1-2H3,(H,25,28)/p+1/b10-9+. The molecule has 2 amide bonds. The Balaban J connectivity index is 1.46. The van der Waals surface area contributed by atoms with E-state index >= 15 is 0 Å². The third-order valence-electron chi connectivity index (χ3n) is 5.34. The van der Waals surface area contributed by atoms with Crippen LogP contribution >= 0.6 is 0 Å². The summed E-state index contributed by atoms with van der Waals surface area (Å²) in [6.07, 6.45) is 3.11. The highest BCUT2D eigenvalue weighted by atomic mass is 19.1. The summed E-state index contributed by atoms with van der Waals surface area (Å²) in [5.41, 5.74) is 3.74. The molecule has 1 aliphatic rings. The summed E-state index contributed by atoms with van der Waals surface area (Å²) in [5, 5.41) is 2.99. The van der Waals surface area contributed by atoms with Crippen LogP contribution in [0.1, 0.15) is 16.7 Å². The molecular weight excluding hydrogens is 369 g/mol. The van der Waals surface area contributed by atoms with Crippen LogP contribution in [0.3, 0.4) is 0 Å². The molecule has 2 aromatic carbocycles. The normalized spacial score (nSPS) is 14.9. The fourth-order valence-corrected chi connectivity index (χ4v) is 3.41. The van der Waals surface area contributed by atoms with Gasteiger partial charge in [0.2, 0.25) is 5.91 Å². The van der Waals surface area contributed by atoms with Crippen LogP contribution in [0.5, 0.6) is 0 Å². The first-order valence-corrected chi connectivity index (χ1v) is 9.84. The van der Waals surface area contributed by atoms with Crippen LogP contribution in [-0.2, 0) is 9.59 Å². The van der Waals surface area contributed by atoms with Gasteiger partial charge < -0.3 is 15.1 Å². The zero-order chi connectivity index (χ0) is 20.8. The summed E-state index contributed by atoms with van der Waals surface area (Å²) in [7, 11) is 0. The highest BCUT2D eigenvalue weighted by molar-refractivity contribution is 5.93. The fourth-order valence-electron chi connectivity index (χ4n) is 3.41. The first-order valence-electron chi connectivity index (χ1n) is 9.84. The van der Waals surface area contributed by atoms with Crippen LogP contribution in [0, 0.1) is 19.7 Å². The van der Waals surface area contributed by atoms with Crippen molar-refractivity contribution >= 4 is 23.6 Å². The Labute approximate surface area is 170 Å². The predicted octanol–water partition coefficient (Wildman–Crippen LogP) is 1.82. The summed E-state index contributed by atoms with van der Waals surface area (Å²) in [5.74, 6) is -0.427. The number of carbonyl (C=O) groups excluding carboxylic acids is 2. The molecular formula is C23H27FN3O2+. The number of hydrogen-bond donors (Lipinski definition) is 2. The number of carbonyl (C=O) groups is 2. The number of piperazine rings is 1. The quantitative estimate of drug-likeness (QED) is 0.758. The number of halogens is 1. The van der Waals surface area contributed by atoms with Gasteiger partial charge in [0.25, 0.3) is 5.91 Å². The lowest BCUT2D eigenvalue weighted by molar-refractivity contribution is -0.895. The van der Waals surface area contributed by atoms with E-state index in [1.165, 1.54) is 18.2 Å². The largest absolute Gasteiger partial charge is 0.328 e. The number of amides is 2. The molecule has 6 heteroatoms. The van der Waals surface area contributed by atoms with Gasteiger partial charge in [0.05, 0.1) is 26.2 Å². The van der Waals surface area contributed by atoms with E-state index in [1.54, 1.807) is 23.1 Å². The smallest absolute Gasteiger partial charge is 0.279 e. The van der Waals surface area contributed by atoms with Crippen LogP contribution in [0.4, 0.5) is 10.1 Å². The van der Waals surface area contributed by atoms with Crippen LogP contribution in [0.2, 0.25) is 0 Å². The molecule has 0 spiro atoms. The van der Waals surface area contributed by atoms with Crippen LogP contribution in [0.25, 0.3) is 6.08 Å².